The zero-order valence-corrected chi connectivity index (χ0v) is 17.6. The van der Waals surface area contributed by atoms with E-state index in [-0.39, 0.29) is 29.0 Å². The van der Waals surface area contributed by atoms with E-state index in [0.29, 0.717) is 19.3 Å². The Hall–Kier alpha value is -1.53. The second-order valence-electron chi connectivity index (χ2n) is 10.1. The molecule has 4 rings (SSSR count). The summed E-state index contributed by atoms with van der Waals surface area (Å²) in [5, 5.41) is 21.0. The second kappa shape index (κ2) is 6.74. The van der Waals surface area contributed by atoms with Crippen molar-refractivity contribution >= 4 is 17.5 Å². The van der Waals surface area contributed by atoms with Crippen molar-refractivity contribution < 1.29 is 29.3 Å². The van der Waals surface area contributed by atoms with Crippen molar-refractivity contribution in [3.05, 3.63) is 11.6 Å². The van der Waals surface area contributed by atoms with Crippen molar-refractivity contribution in [1.82, 2.24) is 0 Å². The van der Waals surface area contributed by atoms with Crippen molar-refractivity contribution in [2.24, 2.45) is 28.6 Å². The number of esters is 1. The first-order chi connectivity index (χ1) is 13.6. The lowest BCUT2D eigenvalue weighted by molar-refractivity contribution is -0.200. The zero-order chi connectivity index (χ0) is 21.2. The van der Waals surface area contributed by atoms with Gasteiger partial charge in [-0.25, -0.2) is 0 Å². The predicted molar refractivity (Wildman–Crippen MR) is 105 cm³/mol. The molecular weight excluding hydrogens is 372 g/mol. The highest BCUT2D eigenvalue weighted by Gasteiger charge is 2.70. The third-order valence-corrected chi connectivity index (χ3v) is 8.93. The molecule has 3 saturated carbocycles. The van der Waals surface area contributed by atoms with Crippen LogP contribution in [0.4, 0.5) is 0 Å². The molecule has 4 aliphatic carbocycles. The molecule has 3 unspecified atom stereocenters. The Kier molecular flexibility index (Phi) is 4.82. The lowest BCUT2D eigenvalue weighted by Gasteiger charge is -2.60. The summed E-state index contributed by atoms with van der Waals surface area (Å²) >= 11 is 0. The number of Topliss-reactive ketones (excluding diaryl/α,β-unsaturated/α-hetero) is 1. The quantitative estimate of drug-likeness (QED) is 0.701. The maximum absolute atomic E-state index is 12.9. The number of ketones is 2. The van der Waals surface area contributed by atoms with Crippen LogP contribution in [-0.2, 0) is 19.1 Å². The SMILES string of the molecule is CC(=O)O[C@]1(C(=O)CO)CCC2C3CCC4=CC(=O)CC[C@]4(C)C3[C@@H](O)C[C@@]21C. The molecular formula is C23H32O6. The van der Waals surface area contributed by atoms with E-state index in [4.69, 9.17) is 4.74 Å². The lowest BCUT2D eigenvalue weighted by atomic mass is 9.45. The van der Waals surface area contributed by atoms with Gasteiger partial charge in [0.2, 0.25) is 5.78 Å². The number of carbonyl (C=O) groups excluding carboxylic acids is 3. The van der Waals surface area contributed by atoms with Crippen LogP contribution >= 0.6 is 0 Å². The molecule has 0 saturated heterocycles. The molecule has 3 fully saturated rings. The molecule has 0 radical (unpaired) electrons. The van der Waals surface area contributed by atoms with Crippen molar-refractivity contribution in [3.63, 3.8) is 0 Å². The highest BCUT2D eigenvalue weighted by molar-refractivity contribution is 5.92. The van der Waals surface area contributed by atoms with Crippen molar-refractivity contribution in [3.8, 4) is 0 Å². The standard InChI is InChI=1S/C23H32O6/c1-13(25)29-23(19(28)12-24)9-7-17-16-5-4-14-10-15(26)6-8-21(14,2)20(16)18(27)11-22(17,23)3/h10,16-18,20,24,27H,4-9,11-12H2,1-3H3/t16?,17?,18-,20?,21-,22-,23-/m0/s1. The van der Waals surface area contributed by atoms with Crippen LogP contribution in [-0.4, -0.2) is 46.1 Å². The molecule has 0 aromatic carbocycles. The number of ether oxygens (including phenoxy) is 1. The summed E-state index contributed by atoms with van der Waals surface area (Å²) in [7, 11) is 0. The van der Waals surface area contributed by atoms with Gasteiger partial charge in [0.1, 0.15) is 6.61 Å². The van der Waals surface area contributed by atoms with E-state index in [0.717, 1.165) is 31.3 Å². The van der Waals surface area contributed by atoms with Gasteiger partial charge < -0.3 is 14.9 Å². The van der Waals surface area contributed by atoms with Gasteiger partial charge in [0.05, 0.1) is 6.10 Å². The van der Waals surface area contributed by atoms with Crippen LogP contribution in [0, 0.1) is 28.6 Å². The van der Waals surface area contributed by atoms with Crippen molar-refractivity contribution in [2.75, 3.05) is 6.61 Å². The van der Waals surface area contributed by atoms with E-state index in [1.54, 1.807) is 6.08 Å². The van der Waals surface area contributed by atoms with Crippen LogP contribution in [0.25, 0.3) is 0 Å². The van der Waals surface area contributed by atoms with E-state index >= 15 is 0 Å². The van der Waals surface area contributed by atoms with E-state index in [1.807, 2.05) is 6.92 Å². The summed E-state index contributed by atoms with van der Waals surface area (Å²) in [6.07, 6.45) is 5.59. The van der Waals surface area contributed by atoms with Gasteiger partial charge in [0.25, 0.3) is 0 Å². The molecule has 0 heterocycles. The Labute approximate surface area is 171 Å². The van der Waals surface area contributed by atoms with Gasteiger partial charge >= 0.3 is 5.97 Å². The Morgan fingerprint density at radius 1 is 1.21 bits per heavy atom. The Morgan fingerprint density at radius 3 is 2.59 bits per heavy atom. The largest absolute Gasteiger partial charge is 0.451 e. The maximum atomic E-state index is 12.9. The molecule has 6 nitrogen and oxygen atoms in total. The normalized spacial score (nSPS) is 46.2. The molecule has 2 N–H and O–H groups in total. The summed E-state index contributed by atoms with van der Waals surface area (Å²) in [6, 6.07) is 0. The molecule has 29 heavy (non-hydrogen) atoms. The van der Waals surface area contributed by atoms with Gasteiger partial charge in [0, 0.05) is 18.8 Å². The van der Waals surface area contributed by atoms with Crippen LogP contribution in [0.5, 0.6) is 0 Å². The van der Waals surface area contributed by atoms with Gasteiger partial charge in [-0.1, -0.05) is 19.4 Å². The van der Waals surface area contributed by atoms with Crippen LogP contribution in [0.15, 0.2) is 11.6 Å². The van der Waals surface area contributed by atoms with E-state index in [1.165, 1.54) is 6.92 Å². The summed E-state index contributed by atoms with van der Waals surface area (Å²) in [6.45, 7) is 4.76. The van der Waals surface area contributed by atoms with Gasteiger partial charge in [-0.05, 0) is 67.8 Å². The highest BCUT2D eigenvalue weighted by atomic mass is 16.6. The smallest absolute Gasteiger partial charge is 0.303 e. The molecule has 160 valence electrons. The van der Waals surface area contributed by atoms with E-state index in [2.05, 4.69) is 6.92 Å². The molecule has 0 aromatic rings. The minimum atomic E-state index is -1.37. The highest BCUT2D eigenvalue weighted by Crippen LogP contribution is 2.68. The minimum absolute atomic E-state index is 0.0334. The minimum Gasteiger partial charge on any atom is -0.451 e. The fourth-order valence-corrected chi connectivity index (χ4v) is 7.73. The number of fused-ring (bicyclic) bond motifs is 5. The molecule has 0 aliphatic heterocycles. The van der Waals surface area contributed by atoms with Gasteiger partial charge in [-0.15, -0.1) is 0 Å². The monoisotopic (exact) mass is 404 g/mol. The number of carbonyl (C=O) groups is 3. The maximum Gasteiger partial charge on any atom is 0.303 e. The number of aliphatic hydroxyl groups is 2. The summed E-state index contributed by atoms with van der Waals surface area (Å²) in [5.74, 6) is -0.462. The average molecular weight is 405 g/mol. The third kappa shape index (κ3) is 2.71. The summed E-state index contributed by atoms with van der Waals surface area (Å²) < 4.78 is 5.68. The fraction of sp³-hybridized carbons (Fsp3) is 0.783. The first-order valence-electron chi connectivity index (χ1n) is 10.8. The molecule has 0 bridgehead atoms. The zero-order valence-electron chi connectivity index (χ0n) is 17.6. The number of hydrogen-bond acceptors (Lipinski definition) is 6. The summed E-state index contributed by atoms with van der Waals surface area (Å²) in [4.78, 5) is 36.8. The Morgan fingerprint density at radius 2 is 1.93 bits per heavy atom. The van der Waals surface area contributed by atoms with Crippen LogP contribution < -0.4 is 0 Å². The first-order valence-corrected chi connectivity index (χ1v) is 10.8. The fourth-order valence-electron chi connectivity index (χ4n) is 7.73. The Balaban J connectivity index is 1.76. The van der Waals surface area contributed by atoms with Gasteiger partial charge in [-0.2, -0.15) is 0 Å². The number of rotatable bonds is 3. The van der Waals surface area contributed by atoms with E-state index < -0.39 is 35.5 Å². The average Bonchev–Trinajstić information content (AvgIpc) is 2.93. The summed E-state index contributed by atoms with van der Waals surface area (Å²) in [5.41, 5.74) is -1.12. The van der Waals surface area contributed by atoms with E-state index in [9.17, 15) is 24.6 Å². The molecule has 4 aliphatic rings. The molecule has 7 atom stereocenters. The molecule has 0 amide bonds. The number of hydrogen-bond donors (Lipinski definition) is 2. The Bertz CT molecular complexity index is 786. The van der Waals surface area contributed by atoms with Crippen LogP contribution in [0.3, 0.4) is 0 Å². The molecule has 0 spiro atoms. The second-order valence-corrected chi connectivity index (χ2v) is 10.1. The number of allylic oxidation sites excluding steroid dienone is 1. The third-order valence-electron chi connectivity index (χ3n) is 8.93. The van der Waals surface area contributed by atoms with Gasteiger partial charge in [-0.3, -0.25) is 14.4 Å². The van der Waals surface area contributed by atoms with Crippen LogP contribution in [0.1, 0.15) is 65.7 Å². The number of aliphatic hydroxyl groups excluding tert-OH is 2. The predicted octanol–water partition coefficient (Wildman–Crippen LogP) is 2.35. The lowest BCUT2D eigenvalue weighted by Crippen LogP contribution is -2.63. The topological polar surface area (TPSA) is 101 Å². The van der Waals surface area contributed by atoms with Crippen LogP contribution in [0.2, 0.25) is 0 Å². The van der Waals surface area contributed by atoms with Crippen molar-refractivity contribution in [1.29, 1.82) is 0 Å². The first kappa shape index (κ1) is 20.7. The van der Waals surface area contributed by atoms with Crippen molar-refractivity contribution in [2.45, 2.75) is 77.4 Å². The molecule has 0 aromatic heterocycles. The van der Waals surface area contributed by atoms with Gasteiger partial charge in [0.15, 0.2) is 11.4 Å². The molecule has 6 heteroatoms.